The molecule has 0 radical (unpaired) electrons. The van der Waals surface area contributed by atoms with Gasteiger partial charge in [-0.2, -0.15) is 0 Å². The van der Waals surface area contributed by atoms with Gasteiger partial charge in [-0.25, -0.2) is 0 Å². The molecule has 6 N–H and O–H groups in total. The quantitative estimate of drug-likeness (QED) is 0.293. The zero-order chi connectivity index (χ0) is 12.3. The summed E-state index contributed by atoms with van der Waals surface area (Å²) in [4.78, 5) is 10.9. The van der Waals surface area contributed by atoms with Crippen LogP contribution in [0.5, 0.6) is 0 Å². The number of aliphatic hydroxyl groups excluding tert-OH is 5. The highest BCUT2D eigenvalue weighted by atomic mass is 16.6. The minimum absolute atomic E-state index is 0.573. The van der Waals surface area contributed by atoms with E-state index in [0.29, 0.717) is 0 Å². The van der Waals surface area contributed by atoms with Gasteiger partial charge in [0.2, 0.25) is 5.91 Å². The molecule has 1 heterocycles. The standard InChI is InChI=1S/C8H15NO7/c10-1-3-6(13)7(14)5(8(15)16-3)9-4(12)2-11/h3,5-8,10-11,13-15H,1-2H2,(H,9,12)/t3?,5-,6-,7?,8?/m1/s1. The molecule has 1 aliphatic rings. The molecule has 3 unspecified atom stereocenters. The second-order valence-corrected chi connectivity index (χ2v) is 3.48. The van der Waals surface area contributed by atoms with Crippen LogP contribution >= 0.6 is 0 Å². The van der Waals surface area contributed by atoms with Crippen molar-refractivity contribution in [1.82, 2.24) is 5.32 Å². The summed E-state index contributed by atoms with van der Waals surface area (Å²) in [6.07, 6.45) is -5.60. The molecule has 0 aromatic carbocycles. The second kappa shape index (κ2) is 5.53. The van der Waals surface area contributed by atoms with E-state index in [0.717, 1.165) is 0 Å². The fraction of sp³-hybridized carbons (Fsp3) is 0.875. The molecule has 1 saturated heterocycles. The van der Waals surface area contributed by atoms with Crippen LogP contribution in [-0.2, 0) is 9.53 Å². The fourth-order valence-electron chi connectivity index (χ4n) is 1.48. The third-order valence-electron chi connectivity index (χ3n) is 2.37. The monoisotopic (exact) mass is 237 g/mol. The molecule has 0 aliphatic carbocycles. The molecule has 0 bridgehead atoms. The second-order valence-electron chi connectivity index (χ2n) is 3.48. The van der Waals surface area contributed by atoms with Crippen LogP contribution in [0.4, 0.5) is 0 Å². The largest absolute Gasteiger partial charge is 0.394 e. The van der Waals surface area contributed by atoms with Crippen LogP contribution in [-0.4, -0.2) is 75.3 Å². The van der Waals surface area contributed by atoms with E-state index in [4.69, 9.17) is 14.9 Å². The molecule has 0 aromatic heterocycles. The van der Waals surface area contributed by atoms with E-state index in [1.807, 2.05) is 0 Å². The van der Waals surface area contributed by atoms with Crippen molar-refractivity contribution in [3.63, 3.8) is 0 Å². The number of amides is 1. The predicted octanol–water partition coefficient (Wildman–Crippen LogP) is -4.11. The van der Waals surface area contributed by atoms with Gasteiger partial charge in [0.05, 0.1) is 6.61 Å². The van der Waals surface area contributed by atoms with Crippen molar-refractivity contribution in [2.75, 3.05) is 13.2 Å². The SMILES string of the molecule is O=C(CO)N[C@H]1C(O)OC(CO)[C@@H](O)C1O. The molecule has 0 saturated carbocycles. The van der Waals surface area contributed by atoms with Gasteiger partial charge in [0, 0.05) is 0 Å². The van der Waals surface area contributed by atoms with E-state index in [9.17, 15) is 20.1 Å². The van der Waals surface area contributed by atoms with Crippen LogP contribution in [0.2, 0.25) is 0 Å². The Bertz CT molecular complexity index is 249. The first-order valence-corrected chi connectivity index (χ1v) is 4.72. The topological polar surface area (TPSA) is 139 Å². The summed E-state index contributed by atoms with van der Waals surface area (Å²) >= 11 is 0. The van der Waals surface area contributed by atoms with Crippen LogP contribution in [0.25, 0.3) is 0 Å². The smallest absolute Gasteiger partial charge is 0.246 e. The summed E-state index contributed by atoms with van der Waals surface area (Å²) in [6.45, 7) is -1.38. The third-order valence-corrected chi connectivity index (χ3v) is 2.37. The van der Waals surface area contributed by atoms with Crippen molar-refractivity contribution in [2.24, 2.45) is 0 Å². The average Bonchev–Trinajstić information content (AvgIpc) is 2.28. The maximum absolute atomic E-state index is 10.9. The first-order valence-electron chi connectivity index (χ1n) is 4.72. The molecule has 8 heteroatoms. The predicted molar refractivity (Wildman–Crippen MR) is 49.0 cm³/mol. The van der Waals surface area contributed by atoms with Crippen LogP contribution in [0.15, 0.2) is 0 Å². The number of rotatable bonds is 3. The Morgan fingerprint density at radius 3 is 2.31 bits per heavy atom. The highest BCUT2D eigenvalue weighted by Gasteiger charge is 2.44. The molecular weight excluding hydrogens is 222 g/mol. The highest BCUT2D eigenvalue weighted by Crippen LogP contribution is 2.19. The minimum Gasteiger partial charge on any atom is -0.394 e. The zero-order valence-corrected chi connectivity index (χ0v) is 8.35. The number of hydrogen-bond acceptors (Lipinski definition) is 7. The number of carbonyl (C=O) groups is 1. The van der Waals surface area contributed by atoms with Crippen molar-refractivity contribution < 1.29 is 35.1 Å². The molecule has 94 valence electrons. The molecule has 5 atom stereocenters. The van der Waals surface area contributed by atoms with Crippen LogP contribution in [0.1, 0.15) is 0 Å². The molecule has 1 aliphatic heterocycles. The number of hydrogen-bond donors (Lipinski definition) is 6. The molecule has 0 spiro atoms. The number of aliphatic hydroxyl groups is 5. The lowest BCUT2D eigenvalue weighted by atomic mass is 9.97. The summed E-state index contributed by atoms with van der Waals surface area (Å²) < 4.78 is 4.78. The zero-order valence-electron chi connectivity index (χ0n) is 8.35. The summed E-state index contributed by atoms with van der Waals surface area (Å²) in [5.74, 6) is -0.818. The molecule has 16 heavy (non-hydrogen) atoms. The summed E-state index contributed by atoms with van der Waals surface area (Å²) in [5.41, 5.74) is 0. The Morgan fingerprint density at radius 2 is 1.81 bits per heavy atom. The van der Waals surface area contributed by atoms with Crippen LogP contribution in [0.3, 0.4) is 0 Å². The Morgan fingerprint density at radius 1 is 1.19 bits per heavy atom. The van der Waals surface area contributed by atoms with Crippen molar-refractivity contribution >= 4 is 5.91 Å². The fourth-order valence-corrected chi connectivity index (χ4v) is 1.48. The third kappa shape index (κ3) is 2.67. The van der Waals surface area contributed by atoms with Gasteiger partial charge in [-0.1, -0.05) is 0 Å². The molecular formula is C8H15NO7. The van der Waals surface area contributed by atoms with Gasteiger partial charge in [0.15, 0.2) is 6.29 Å². The molecule has 1 rings (SSSR count). The normalized spacial score (nSPS) is 39.4. The lowest BCUT2D eigenvalue weighted by Gasteiger charge is -2.40. The highest BCUT2D eigenvalue weighted by molar-refractivity contribution is 5.77. The lowest BCUT2D eigenvalue weighted by molar-refractivity contribution is -0.254. The Kier molecular flexibility index (Phi) is 4.59. The summed E-state index contributed by atoms with van der Waals surface area (Å²) in [5, 5.41) is 47.8. The van der Waals surface area contributed by atoms with Gasteiger partial charge in [-0.05, 0) is 0 Å². The van der Waals surface area contributed by atoms with Crippen LogP contribution in [0, 0.1) is 0 Å². The molecule has 1 amide bonds. The average molecular weight is 237 g/mol. The van der Waals surface area contributed by atoms with Gasteiger partial charge in [-0.3, -0.25) is 4.79 Å². The van der Waals surface area contributed by atoms with E-state index in [1.165, 1.54) is 0 Å². The molecule has 0 aromatic rings. The van der Waals surface area contributed by atoms with Gasteiger partial charge in [0.1, 0.15) is 31.0 Å². The summed E-state index contributed by atoms with van der Waals surface area (Å²) in [7, 11) is 0. The number of ether oxygens (including phenoxy) is 1. The van der Waals surface area contributed by atoms with Crippen molar-refractivity contribution in [3.05, 3.63) is 0 Å². The van der Waals surface area contributed by atoms with Gasteiger partial charge in [-0.15, -0.1) is 0 Å². The molecule has 8 nitrogen and oxygen atoms in total. The van der Waals surface area contributed by atoms with E-state index < -0.39 is 49.8 Å². The van der Waals surface area contributed by atoms with Crippen molar-refractivity contribution in [2.45, 2.75) is 30.6 Å². The first kappa shape index (κ1) is 13.3. The Balaban J connectivity index is 2.67. The summed E-state index contributed by atoms with van der Waals surface area (Å²) in [6, 6.07) is -1.25. The molecule has 1 fully saturated rings. The maximum Gasteiger partial charge on any atom is 0.246 e. The maximum atomic E-state index is 10.9. The number of nitrogens with one attached hydrogen (secondary N) is 1. The lowest BCUT2D eigenvalue weighted by Crippen LogP contribution is -2.64. The number of carbonyl (C=O) groups excluding carboxylic acids is 1. The van der Waals surface area contributed by atoms with Crippen molar-refractivity contribution in [3.8, 4) is 0 Å². The van der Waals surface area contributed by atoms with Crippen molar-refractivity contribution in [1.29, 1.82) is 0 Å². The first-order chi connectivity index (χ1) is 7.51. The van der Waals surface area contributed by atoms with E-state index in [-0.39, 0.29) is 0 Å². The van der Waals surface area contributed by atoms with Gasteiger partial charge >= 0.3 is 0 Å². The van der Waals surface area contributed by atoms with Crippen LogP contribution < -0.4 is 5.32 Å². The Labute approximate surface area is 91.1 Å². The minimum atomic E-state index is -1.56. The van der Waals surface area contributed by atoms with E-state index in [2.05, 4.69) is 5.32 Å². The van der Waals surface area contributed by atoms with Gasteiger partial charge < -0.3 is 35.6 Å². The van der Waals surface area contributed by atoms with Gasteiger partial charge in [0.25, 0.3) is 0 Å². The Hall–Kier alpha value is -0.770. The van der Waals surface area contributed by atoms with E-state index >= 15 is 0 Å². The van der Waals surface area contributed by atoms with E-state index in [1.54, 1.807) is 0 Å².